The molecule has 0 radical (unpaired) electrons. The van der Waals surface area contributed by atoms with Crippen molar-refractivity contribution in [1.82, 2.24) is 0 Å². The van der Waals surface area contributed by atoms with Crippen LogP contribution in [0.1, 0.15) is 72.6 Å². The Morgan fingerprint density at radius 3 is 1.10 bits per heavy atom. The van der Waals surface area contributed by atoms with E-state index in [2.05, 4.69) is 36.0 Å². The van der Waals surface area contributed by atoms with E-state index in [0.29, 0.717) is 6.04 Å². The summed E-state index contributed by atoms with van der Waals surface area (Å²) in [4.78, 5) is 32.4. The quantitative estimate of drug-likeness (QED) is 0.154. The van der Waals surface area contributed by atoms with Crippen LogP contribution in [0.25, 0.3) is 0 Å². The predicted octanol–water partition coefficient (Wildman–Crippen LogP) is 3.92. The number of rotatable bonds is 7. The van der Waals surface area contributed by atoms with Gasteiger partial charge < -0.3 is 41.9 Å². The third kappa shape index (κ3) is 19.4. The van der Waals surface area contributed by atoms with Crippen LogP contribution in [0.4, 0.5) is 37.7 Å². The molecule has 0 aliphatic rings. The number of nitrogens with one attached hydrogen (secondary N) is 2. The van der Waals surface area contributed by atoms with Gasteiger partial charge in [-0.15, -0.1) is 0 Å². The van der Waals surface area contributed by atoms with Crippen molar-refractivity contribution in [1.29, 1.82) is 0 Å². The molecule has 0 spiro atoms. The molecule has 0 saturated carbocycles. The van der Waals surface area contributed by atoms with Crippen LogP contribution in [0.2, 0.25) is 0 Å². The number of benzene rings is 3. The van der Waals surface area contributed by atoms with Gasteiger partial charge in [0, 0.05) is 27.9 Å². The van der Waals surface area contributed by atoms with E-state index in [0.717, 1.165) is 50.6 Å². The van der Waals surface area contributed by atoms with Crippen molar-refractivity contribution in [3.63, 3.8) is 0 Å². The molecule has 3 rings (SSSR count). The predicted molar refractivity (Wildman–Crippen MR) is 179 cm³/mol. The number of carbonyl (C=O) groups is 3. The standard InChI is InChI=1S/C11H13F2NO2.C10H11F2NO2.C8H5BrF2O2.C3H9N.Li.2H2O/c1-6(2)14-7-4-8(12)10(9(13)5-7)11(15)16-3;1-5(2)13-6-3-7(11)9(10(14)15)8(12)4-6;1-13-8(12)7-5(10)2-4(9)3-6(7)11;1-3(2)4;;;/h4-6,14H,1-3H3;3-5,13H,1-2H3,(H,14,15);2-3H,1H3;3H,4H2,1-2H3;;2*1H2/q;;;;+1;;/p-1. The largest absolute Gasteiger partial charge is 1.00 e. The minimum atomic E-state index is -1.61. The van der Waals surface area contributed by atoms with Crippen molar-refractivity contribution in [2.24, 2.45) is 5.73 Å². The molecule has 0 saturated heterocycles. The number of aromatic carboxylic acids is 1. The molecule has 3 aromatic carbocycles. The molecular formula is C32H41BrF6LiN3O8. The van der Waals surface area contributed by atoms with E-state index in [1.165, 1.54) is 0 Å². The molecule has 51 heavy (non-hydrogen) atoms. The SMILES string of the molecule is CC(C)N.CC(C)Nc1cc(F)c(C(=O)O)c(F)c1.COC(=O)c1c(F)cc(Br)cc1F.COC(=O)c1c(F)cc(NC(C)C)cc1F.O.[Li+].[OH-]. The number of nitrogens with two attached hydrogens (primary N) is 1. The van der Waals surface area contributed by atoms with Gasteiger partial charge in [-0.05, 0) is 70.1 Å². The molecule has 282 valence electrons. The summed E-state index contributed by atoms with van der Waals surface area (Å²) in [6.45, 7) is 11.2. The molecule has 3 aromatic rings. The molecule has 19 heteroatoms. The number of carboxylic acid groups (broad SMARTS) is 1. The number of anilines is 2. The Morgan fingerprint density at radius 1 is 0.647 bits per heavy atom. The number of esters is 2. The summed E-state index contributed by atoms with van der Waals surface area (Å²) in [5.41, 5.74) is 3.36. The Kier molecular flexibility index (Phi) is 27.6. The van der Waals surface area contributed by atoms with Gasteiger partial charge in [0.15, 0.2) is 0 Å². The number of carboxylic acids is 1. The Labute approximate surface area is 312 Å². The summed E-state index contributed by atoms with van der Waals surface area (Å²) in [5.74, 6) is -9.58. The monoisotopic (exact) mass is 795 g/mol. The van der Waals surface area contributed by atoms with Crippen LogP contribution in [0.5, 0.6) is 0 Å². The first-order valence-electron chi connectivity index (χ1n) is 14.0. The topological polar surface area (TPSA) is 201 Å². The summed E-state index contributed by atoms with van der Waals surface area (Å²) in [6, 6.07) is 6.44. The smallest absolute Gasteiger partial charge is 0.870 e. The second-order valence-corrected chi connectivity index (χ2v) is 11.4. The number of carbonyl (C=O) groups excluding carboxylic acids is 2. The van der Waals surface area contributed by atoms with E-state index < -0.39 is 69.5 Å². The number of hydrogen-bond acceptors (Lipinski definition) is 9. The summed E-state index contributed by atoms with van der Waals surface area (Å²) in [7, 11) is 2.13. The maximum atomic E-state index is 13.4. The molecule has 11 nitrogen and oxygen atoms in total. The Hall–Kier alpha value is -3.79. The van der Waals surface area contributed by atoms with Crippen molar-refractivity contribution in [3.8, 4) is 0 Å². The van der Waals surface area contributed by atoms with E-state index in [4.69, 9.17) is 10.8 Å². The Bertz CT molecular complexity index is 1500. The van der Waals surface area contributed by atoms with Gasteiger partial charge in [0.2, 0.25) is 0 Å². The molecule has 0 amide bonds. The third-order valence-electron chi connectivity index (χ3n) is 4.99. The van der Waals surface area contributed by atoms with E-state index in [1.54, 1.807) is 13.8 Å². The van der Waals surface area contributed by atoms with Crippen LogP contribution >= 0.6 is 15.9 Å². The minimum absolute atomic E-state index is 0. The van der Waals surface area contributed by atoms with Gasteiger partial charge in [0.1, 0.15) is 51.6 Å². The summed E-state index contributed by atoms with van der Waals surface area (Å²) >= 11 is 2.89. The molecule has 0 atom stereocenters. The average Bonchev–Trinajstić information content (AvgIpc) is 2.91. The molecule has 0 aromatic heterocycles. The molecule has 0 bridgehead atoms. The van der Waals surface area contributed by atoms with Crippen molar-refractivity contribution in [2.75, 3.05) is 24.9 Å². The third-order valence-corrected chi connectivity index (χ3v) is 5.45. The zero-order chi connectivity index (χ0) is 37.5. The Morgan fingerprint density at radius 2 is 0.882 bits per heavy atom. The molecule has 0 unspecified atom stereocenters. The van der Waals surface area contributed by atoms with Gasteiger partial charge in [0.05, 0.1) is 14.2 Å². The van der Waals surface area contributed by atoms with E-state index in [9.17, 15) is 40.7 Å². The first-order valence-corrected chi connectivity index (χ1v) is 14.8. The minimum Gasteiger partial charge on any atom is -0.870 e. The van der Waals surface area contributed by atoms with Gasteiger partial charge in [-0.1, -0.05) is 29.8 Å². The summed E-state index contributed by atoms with van der Waals surface area (Å²) in [5, 5.41) is 14.1. The van der Waals surface area contributed by atoms with Crippen LogP contribution in [0.15, 0.2) is 40.9 Å². The molecular weight excluding hydrogens is 755 g/mol. The second-order valence-electron chi connectivity index (χ2n) is 10.5. The zero-order valence-corrected chi connectivity index (χ0v) is 30.9. The van der Waals surface area contributed by atoms with E-state index >= 15 is 0 Å². The first kappa shape index (κ1) is 54.0. The number of halogens is 7. The van der Waals surface area contributed by atoms with Crippen LogP contribution < -0.4 is 35.2 Å². The van der Waals surface area contributed by atoms with E-state index in [1.807, 2.05) is 27.7 Å². The zero-order valence-electron chi connectivity index (χ0n) is 29.4. The summed E-state index contributed by atoms with van der Waals surface area (Å²) in [6.07, 6.45) is 0. The number of hydrogen-bond donors (Lipinski definition) is 4. The maximum absolute atomic E-state index is 13.4. The fourth-order valence-corrected chi connectivity index (χ4v) is 3.72. The average molecular weight is 797 g/mol. The van der Waals surface area contributed by atoms with Crippen LogP contribution in [-0.4, -0.2) is 66.3 Å². The first-order chi connectivity index (χ1) is 22.2. The molecule has 0 heterocycles. The molecule has 0 aliphatic carbocycles. The summed E-state index contributed by atoms with van der Waals surface area (Å²) < 4.78 is 87.8. The van der Waals surface area contributed by atoms with Crippen LogP contribution in [0.3, 0.4) is 0 Å². The van der Waals surface area contributed by atoms with Crippen molar-refractivity contribution in [3.05, 3.63) is 92.5 Å². The fraction of sp³-hybridized carbons (Fsp3) is 0.344. The number of ether oxygens (including phenoxy) is 2. The van der Waals surface area contributed by atoms with Gasteiger partial charge >= 0.3 is 36.8 Å². The maximum Gasteiger partial charge on any atom is 1.00 e. The van der Waals surface area contributed by atoms with E-state index in [-0.39, 0.29) is 57.7 Å². The van der Waals surface area contributed by atoms with Crippen LogP contribution in [-0.2, 0) is 9.47 Å². The molecule has 0 fully saturated rings. The Balaban J connectivity index is -0.000000301. The van der Waals surface area contributed by atoms with Gasteiger partial charge in [-0.25, -0.2) is 40.7 Å². The van der Waals surface area contributed by atoms with Gasteiger partial charge in [0.25, 0.3) is 0 Å². The fourth-order valence-electron chi connectivity index (χ4n) is 3.32. The van der Waals surface area contributed by atoms with Crippen molar-refractivity contribution >= 4 is 45.2 Å². The molecule has 8 N–H and O–H groups in total. The van der Waals surface area contributed by atoms with Gasteiger partial charge in [-0.3, -0.25) is 0 Å². The van der Waals surface area contributed by atoms with Crippen molar-refractivity contribution in [2.45, 2.75) is 59.7 Å². The van der Waals surface area contributed by atoms with Crippen LogP contribution in [0, 0.1) is 34.9 Å². The number of methoxy groups -OCH3 is 2. The molecule has 0 aliphatic heterocycles. The second kappa shape index (κ2) is 26.1. The normalized spacial score (nSPS) is 9.55. The van der Waals surface area contributed by atoms with Gasteiger partial charge in [-0.2, -0.15) is 0 Å². The van der Waals surface area contributed by atoms with Crippen molar-refractivity contribution < 1.29 is 85.1 Å².